The highest BCUT2D eigenvalue weighted by atomic mass is 19.1. The number of H-pyrrole nitrogens is 1. The van der Waals surface area contributed by atoms with E-state index in [0.29, 0.717) is 36.1 Å². The Balaban J connectivity index is 1.47. The highest BCUT2D eigenvalue weighted by Gasteiger charge is 2.11. The Morgan fingerprint density at radius 3 is 2.66 bits per heavy atom. The van der Waals surface area contributed by atoms with Crippen molar-refractivity contribution in [2.45, 2.75) is 26.2 Å². The minimum Gasteiger partial charge on any atom is -0.479 e. The van der Waals surface area contributed by atoms with Crippen molar-refractivity contribution in [2.75, 3.05) is 7.11 Å². The number of fused-ring (bicyclic) bond motifs is 1. The maximum absolute atomic E-state index is 14.6. The Hall–Kier alpha value is -3.35. The van der Waals surface area contributed by atoms with Gasteiger partial charge in [0.25, 0.3) is 0 Å². The van der Waals surface area contributed by atoms with E-state index in [4.69, 9.17) is 4.74 Å². The van der Waals surface area contributed by atoms with Crippen LogP contribution in [0.25, 0.3) is 11.0 Å². The Labute approximate surface area is 166 Å². The molecule has 1 N–H and O–H groups in total. The van der Waals surface area contributed by atoms with Crippen molar-refractivity contribution in [3.63, 3.8) is 0 Å². The highest BCUT2D eigenvalue weighted by molar-refractivity contribution is 5.80. The molecule has 4 aromatic heterocycles. The van der Waals surface area contributed by atoms with Crippen LogP contribution in [0.5, 0.6) is 5.88 Å². The molecule has 4 rings (SSSR count). The third-order valence-corrected chi connectivity index (χ3v) is 4.85. The lowest BCUT2D eigenvalue weighted by Gasteiger charge is -2.07. The lowest BCUT2D eigenvalue weighted by atomic mass is 10.0. The van der Waals surface area contributed by atoms with Gasteiger partial charge in [-0.05, 0) is 54.7 Å². The lowest BCUT2D eigenvalue weighted by Crippen LogP contribution is -2.02. The van der Waals surface area contributed by atoms with Crippen LogP contribution in [0.3, 0.4) is 0 Å². The van der Waals surface area contributed by atoms with E-state index in [1.54, 1.807) is 18.5 Å². The van der Waals surface area contributed by atoms with Gasteiger partial charge in [0.2, 0.25) is 11.8 Å². The van der Waals surface area contributed by atoms with E-state index in [0.717, 1.165) is 22.2 Å². The van der Waals surface area contributed by atoms with Crippen LogP contribution in [-0.2, 0) is 19.3 Å². The molecule has 0 aliphatic carbocycles. The molecule has 5 nitrogen and oxygen atoms in total. The van der Waals surface area contributed by atoms with E-state index >= 15 is 0 Å². The van der Waals surface area contributed by atoms with Gasteiger partial charge >= 0.3 is 0 Å². The third-order valence-electron chi connectivity index (χ3n) is 4.85. The number of nitrogens with one attached hydrogen (secondary N) is 1. The molecule has 29 heavy (non-hydrogen) atoms. The Bertz CT molecular complexity index is 1170. The van der Waals surface area contributed by atoms with Crippen LogP contribution in [0.4, 0.5) is 8.78 Å². The predicted molar refractivity (Wildman–Crippen MR) is 106 cm³/mol. The maximum atomic E-state index is 14.6. The van der Waals surface area contributed by atoms with Crippen molar-refractivity contribution in [1.29, 1.82) is 0 Å². The van der Waals surface area contributed by atoms with Gasteiger partial charge in [-0.1, -0.05) is 6.07 Å². The molecular weight excluding hydrogens is 374 g/mol. The van der Waals surface area contributed by atoms with Crippen molar-refractivity contribution in [3.8, 4) is 5.88 Å². The van der Waals surface area contributed by atoms with Gasteiger partial charge < -0.3 is 9.72 Å². The fraction of sp³-hybridized carbons (Fsp3) is 0.227. The first-order valence-electron chi connectivity index (χ1n) is 9.29. The fourth-order valence-corrected chi connectivity index (χ4v) is 3.31. The molecule has 0 radical (unpaired) electrons. The molecule has 0 atom stereocenters. The standard InChI is InChI=1S/C22H20F2N4O/c1-13-7-18-16(12-26-21(18)25-10-13)9-15-4-6-17(28-20(15)24)5-3-14-8-19(23)22(29-2)27-11-14/h4,6-8,10-12H,3,5,9H2,1-2H3,(H,25,26). The molecule has 0 aliphatic heterocycles. The number of methoxy groups -OCH3 is 1. The topological polar surface area (TPSA) is 63.7 Å². The molecule has 0 bridgehead atoms. The summed E-state index contributed by atoms with van der Waals surface area (Å²) in [5.41, 5.74) is 4.65. The largest absolute Gasteiger partial charge is 0.479 e. The van der Waals surface area contributed by atoms with Gasteiger partial charge in [-0.2, -0.15) is 4.39 Å². The first-order chi connectivity index (χ1) is 14.0. The third kappa shape index (κ3) is 4.08. The molecular formula is C22H20F2N4O. The summed E-state index contributed by atoms with van der Waals surface area (Å²) in [7, 11) is 1.37. The molecule has 4 aromatic rings. The van der Waals surface area contributed by atoms with Crippen molar-refractivity contribution >= 4 is 11.0 Å². The molecule has 0 aromatic carbocycles. The fourth-order valence-electron chi connectivity index (χ4n) is 3.31. The van der Waals surface area contributed by atoms with Crippen LogP contribution in [-0.4, -0.2) is 27.0 Å². The summed E-state index contributed by atoms with van der Waals surface area (Å²) in [6.07, 6.45) is 6.63. The number of halogens is 2. The van der Waals surface area contributed by atoms with Gasteiger partial charge in [-0.15, -0.1) is 0 Å². The van der Waals surface area contributed by atoms with Crippen LogP contribution in [0, 0.1) is 18.7 Å². The molecule has 148 valence electrons. The first kappa shape index (κ1) is 19.0. The molecule has 4 heterocycles. The molecule has 7 heteroatoms. The summed E-state index contributed by atoms with van der Waals surface area (Å²) in [6.45, 7) is 1.98. The monoisotopic (exact) mass is 394 g/mol. The summed E-state index contributed by atoms with van der Waals surface area (Å²) >= 11 is 0. The summed E-state index contributed by atoms with van der Waals surface area (Å²) < 4.78 is 33.1. The maximum Gasteiger partial charge on any atom is 0.250 e. The Morgan fingerprint density at radius 1 is 1.03 bits per heavy atom. The number of hydrogen-bond acceptors (Lipinski definition) is 4. The number of ether oxygens (including phenoxy) is 1. The van der Waals surface area contributed by atoms with Crippen LogP contribution in [0.15, 0.2) is 42.9 Å². The molecule has 0 saturated heterocycles. The number of pyridine rings is 3. The number of aromatic nitrogens is 4. The minimum atomic E-state index is -0.511. The summed E-state index contributed by atoms with van der Waals surface area (Å²) in [4.78, 5) is 15.5. The minimum absolute atomic E-state index is 0.0371. The van der Waals surface area contributed by atoms with E-state index in [1.165, 1.54) is 13.2 Å². The summed E-state index contributed by atoms with van der Waals surface area (Å²) in [6, 6.07) is 6.98. The first-order valence-corrected chi connectivity index (χ1v) is 9.29. The smallest absolute Gasteiger partial charge is 0.250 e. The molecule has 0 amide bonds. The van der Waals surface area contributed by atoms with Gasteiger partial charge in [-0.25, -0.2) is 19.3 Å². The van der Waals surface area contributed by atoms with Gasteiger partial charge in [0.05, 0.1) is 7.11 Å². The second kappa shape index (κ2) is 7.95. The van der Waals surface area contributed by atoms with Crippen molar-refractivity contribution in [2.24, 2.45) is 0 Å². The van der Waals surface area contributed by atoms with E-state index in [1.807, 2.05) is 25.3 Å². The lowest BCUT2D eigenvalue weighted by molar-refractivity contribution is 0.368. The second-order valence-electron chi connectivity index (χ2n) is 6.99. The number of aryl methyl sites for hydroxylation is 3. The Morgan fingerprint density at radius 2 is 1.90 bits per heavy atom. The zero-order valence-corrected chi connectivity index (χ0v) is 16.2. The van der Waals surface area contributed by atoms with E-state index in [2.05, 4.69) is 19.9 Å². The number of hydrogen-bond donors (Lipinski definition) is 1. The average Bonchev–Trinajstić information content (AvgIpc) is 3.10. The van der Waals surface area contributed by atoms with Crippen LogP contribution >= 0.6 is 0 Å². The highest BCUT2D eigenvalue weighted by Crippen LogP contribution is 2.22. The molecule has 0 unspecified atom stereocenters. The summed E-state index contributed by atoms with van der Waals surface area (Å²) in [5, 5.41) is 0.988. The van der Waals surface area contributed by atoms with Crippen molar-refractivity contribution < 1.29 is 13.5 Å². The average molecular weight is 394 g/mol. The predicted octanol–water partition coefficient (Wildman–Crippen LogP) is 4.32. The van der Waals surface area contributed by atoms with E-state index in [9.17, 15) is 8.78 Å². The van der Waals surface area contributed by atoms with Gasteiger partial charge in [0.15, 0.2) is 5.82 Å². The van der Waals surface area contributed by atoms with Gasteiger partial charge in [0, 0.05) is 41.7 Å². The molecule has 0 saturated carbocycles. The van der Waals surface area contributed by atoms with Gasteiger partial charge in [0.1, 0.15) is 5.65 Å². The SMILES string of the molecule is COc1ncc(CCc2ccc(Cc3c[nH]c4ncc(C)cc34)c(F)n2)cc1F. The van der Waals surface area contributed by atoms with Crippen molar-refractivity contribution in [1.82, 2.24) is 19.9 Å². The van der Waals surface area contributed by atoms with Gasteiger partial charge in [-0.3, -0.25) is 0 Å². The zero-order chi connectivity index (χ0) is 20.4. The van der Waals surface area contributed by atoms with E-state index < -0.39 is 11.8 Å². The molecule has 0 spiro atoms. The van der Waals surface area contributed by atoms with Crippen LogP contribution < -0.4 is 4.74 Å². The normalized spacial score (nSPS) is 11.2. The zero-order valence-electron chi connectivity index (χ0n) is 16.2. The Kier molecular flexibility index (Phi) is 5.20. The van der Waals surface area contributed by atoms with E-state index in [-0.39, 0.29) is 5.88 Å². The number of nitrogens with zero attached hydrogens (tertiary/aromatic N) is 3. The van der Waals surface area contributed by atoms with Crippen LogP contribution in [0.1, 0.15) is 27.9 Å². The van der Waals surface area contributed by atoms with Crippen molar-refractivity contribution in [3.05, 3.63) is 82.6 Å². The van der Waals surface area contributed by atoms with Crippen LogP contribution in [0.2, 0.25) is 0 Å². The molecule has 0 fully saturated rings. The number of rotatable bonds is 6. The second-order valence-corrected chi connectivity index (χ2v) is 6.99. The quantitative estimate of drug-likeness (QED) is 0.495. The summed E-state index contributed by atoms with van der Waals surface area (Å²) in [5.74, 6) is -1.04. The number of aromatic amines is 1. The molecule has 0 aliphatic rings.